The Labute approximate surface area is 163 Å². The van der Waals surface area contributed by atoms with Gasteiger partial charge < -0.3 is 0 Å². The molecular weight excluding hydrogens is 368 g/mol. The van der Waals surface area contributed by atoms with E-state index in [1.807, 2.05) is 24.3 Å². The molecule has 0 atom stereocenters. The van der Waals surface area contributed by atoms with E-state index in [4.69, 9.17) is 16.4 Å². The normalized spacial score (nSPS) is 13.1. The van der Waals surface area contributed by atoms with Crippen molar-refractivity contribution >= 4 is 23.5 Å². The number of rotatable bonds is 8. The lowest BCUT2D eigenvalue weighted by Crippen LogP contribution is -2.44. The molecule has 0 radical (unpaired) electrons. The standard InChI is InChI=1S/C19H23ClN4O3/c1-3-16-7-6-10-23(14-16)19(26)22-27-12-11-24(15(2)25)21-13-17-8-4-5-9-18(17)20/h3-10,21H,1,11-14H2,2H3,(H,22,26). The minimum atomic E-state index is -0.392. The van der Waals surface area contributed by atoms with Gasteiger partial charge in [-0.15, -0.1) is 0 Å². The van der Waals surface area contributed by atoms with Gasteiger partial charge in [0.15, 0.2) is 0 Å². The molecule has 3 amide bonds. The van der Waals surface area contributed by atoms with E-state index in [1.165, 1.54) is 16.8 Å². The summed E-state index contributed by atoms with van der Waals surface area (Å²) in [5.74, 6) is -0.170. The van der Waals surface area contributed by atoms with Crippen LogP contribution in [0.1, 0.15) is 12.5 Å². The minimum absolute atomic E-state index is 0.128. The van der Waals surface area contributed by atoms with Crippen LogP contribution in [0, 0.1) is 0 Å². The van der Waals surface area contributed by atoms with Crippen molar-refractivity contribution in [2.24, 2.45) is 0 Å². The molecule has 0 spiro atoms. The van der Waals surface area contributed by atoms with Crippen LogP contribution >= 0.6 is 11.6 Å². The van der Waals surface area contributed by atoms with Crippen molar-refractivity contribution in [2.75, 3.05) is 19.7 Å². The zero-order valence-corrected chi connectivity index (χ0v) is 15.9. The van der Waals surface area contributed by atoms with Gasteiger partial charge in [0.2, 0.25) is 5.91 Å². The fraction of sp³-hybridized carbons (Fsp3) is 0.263. The summed E-state index contributed by atoms with van der Waals surface area (Å²) in [7, 11) is 0. The summed E-state index contributed by atoms with van der Waals surface area (Å²) in [4.78, 5) is 30.5. The van der Waals surface area contributed by atoms with Crippen molar-refractivity contribution in [3.05, 3.63) is 71.4 Å². The fourth-order valence-corrected chi connectivity index (χ4v) is 2.53. The van der Waals surface area contributed by atoms with E-state index in [0.717, 1.165) is 11.1 Å². The molecule has 0 saturated carbocycles. The fourth-order valence-electron chi connectivity index (χ4n) is 2.32. The molecule has 0 aromatic heterocycles. The Morgan fingerprint density at radius 2 is 2.19 bits per heavy atom. The third-order valence-electron chi connectivity index (χ3n) is 3.83. The first kappa shape index (κ1) is 20.7. The number of carbonyl (C=O) groups excluding carboxylic acids is 2. The zero-order valence-electron chi connectivity index (χ0n) is 15.2. The number of amides is 3. The molecule has 1 aliphatic rings. The molecule has 2 rings (SSSR count). The molecule has 144 valence electrons. The predicted molar refractivity (Wildman–Crippen MR) is 104 cm³/mol. The SMILES string of the molecule is C=CC1=CC=CN(C(=O)NOCCN(NCc2ccccc2Cl)C(C)=O)C1. The maximum absolute atomic E-state index is 12.1. The quantitative estimate of drug-likeness (QED) is 0.528. The van der Waals surface area contributed by atoms with Gasteiger partial charge in [0, 0.05) is 24.7 Å². The summed E-state index contributed by atoms with van der Waals surface area (Å²) < 4.78 is 0. The Morgan fingerprint density at radius 1 is 1.41 bits per heavy atom. The van der Waals surface area contributed by atoms with Gasteiger partial charge in [0.25, 0.3) is 0 Å². The average molecular weight is 391 g/mol. The van der Waals surface area contributed by atoms with E-state index >= 15 is 0 Å². The van der Waals surface area contributed by atoms with E-state index < -0.39 is 6.03 Å². The Morgan fingerprint density at radius 3 is 2.89 bits per heavy atom. The second-order valence-electron chi connectivity index (χ2n) is 5.77. The highest BCUT2D eigenvalue weighted by molar-refractivity contribution is 6.31. The van der Waals surface area contributed by atoms with E-state index in [2.05, 4.69) is 17.5 Å². The van der Waals surface area contributed by atoms with Crippen molar-refractivity contribution in [3.63, 3.8) is 0 Å². The first-order chi connectivity index (χ1) is 13.0. The first-order valence-electron chi connectivity index (χ1n) is 8.44. The molecule has 1 aliphatic heterocycles. The Bertz CT molecular complexity index is 748. The highest BCUT2D eigenvalue weighted by atomic mass is 35.5. The second kappa shape index (κ2) is 10.5. The lowest BCUT2D eigenvalue weighted by atomic mass is 10.2. The van der Waals surface area contributed by atoms with Crippen LogP contribution in [-0.2, 0) is 16.2 Å². The summed E-state index contributed by atoms with van der Waals surface area (Å²) in [5, 5.41) is 2.04. The van der Waals surface area contributed by atoms with E-state index in [-0.39, 0.29) is 19.1 Å². The molecule has 0 bridgehead atoms. The van der Waals surface area contributed by atoms with Crippen molar-refractivity contribution in [3.8, 4) is 0 Å². The number of urea groups is 1. The molecule has 1 aromatic carbocycles. The molecule has 0 aliphatic carbocycles. The van der Waals surface area contributed by atoms with Crippen LogP contribution in [0.5, 0.6) is 0 Å². The van der Waals surface area contributed by atoms with E-state index in [1.54, 1.807) is 24.4 Å². The smallest absolute Gasteiger partial charge is 0.295 e. The molecule has 0 fully saturated rings. The van der Waals surface area contributed by atoms with Gasteiger partial charge in [0.1, 0.15) is 0 Å². The average Bonchev–Trinajstić information content (AvgIpc) is 2.68. The number of hydrazine groups is 1. The van der Waals surface area contributed by atoms with Gasteiger partial charge in [-0.1, -0.05) is 48.5 Å². The van der Waals surface area contributed by atoms with Gasteiger partial charge in [0.05, 0.1) is 19.7 Å². The van der Waals surface area contributed by atoms with E-state index in [9.17, 15) is 9.59 Å². The number of carbonyl (C=O) groups is 2. The van der Waals surface area contributed by atoms with Crippen LogP contribution in [0.15, 0.2) is 60.8 Å². The maximum Gasteiger partial charge on any atom is 0.345 e. The van der Waals surface area contributed by atoms with Crippen LogP contribution in [-0.4, -0.2) is 41.5 Å². The molecule has 2 N–H and O–H groups in total. The highest BCUT2D eigenvalue weighted by Crippen LogP contribution is 2.14. The minimum Gasteiger partial charge on any atom is -0.295 e. The number of hydrogen-bond acceptors (Lipinski definition) is 4. The van der Waals surface area contributed by atoms with Crippen molar-refractivity contribution < 1.29 is 14.4 Å². The second-order valence-corrected chi connectivity index (χ2v) is 6.17. The lowest BCUT2D eigenvalue weighted by molar-refractivity contribution is -0.133. The molecule has 1 heterocycles. The maximum atomic E-state index is 12.1. The molecular formula is C19H23ClN4O3. The number of nitrogens with zero attached hydrogens (tertiary/aromatic N) is 2. The van der Waals surface area contributed by atoms with Crippen LogP contribution < -0.4 is 10.9 Å². The topological polar surface area (TPSA) is 73.9 Å². The van der Waals surface area contributed by atoms with Crippen molar-refractivity contribution in [1.29, 1.82) is 0 Å². The zero-order chi connectivity index (χ0) is 19.6. The van der Waals surface area contributed by atoms with Gasteiger partial charge in [-0.25, -0.2) is 15.7 Å². The van der Waals surface area contributed by atoms with Crippen LogP contribution in [0.25, 0.3) is 0 Å². The van der Waals surface area contributed by atoms with Crippen molar-refractivity contribution in [2.45, 2.75) is 13.5 Å². The predicted octanol–water partition coefficient (Wildman–Crippen LogP) is 2.78. The molecule has 0 unspecified atom stereocenters. The Balaban J connectivity index is 1.73. The summed E-state index contributed by atoms with van der Waals surface area (Å²) >= 11 is 6.11. The monoisotopic (exact) mass is 390 g/mol. The van der Waals surface area contributed by atoms with Gasteiger partial charge in [-0.05, 0) is 23.3 Å². The summed E-state index contributed by atoms with van der Waals surface area (Å²) in [5.41, 5.74) is 7.18. The van der Waals surface area contributed by atoms with Crippen molar-refractivity contribution in [1.82, 2.24) is 20.8 Å². The highest BCUT2D eigenvalue weighted by Gasteiger charge is 2.14. The number of nitrogens with one attached hydrogen (secondary N) is 2. The Hall–Kier alpha value is -2.61. The molecule has 8 heteroatoms. The molecule has 1 aromatic rings. The third-order valence-corrected chi connectivity index (χ3v) is 4.20. The number of hydrogen-bond donors (Lipinski definition) is 2. The number of benzene rings is 1. The summed E-state index contributed by atoms with van der Waals surface area (Å²) in [6, 6.07) is 7.00. The lowest BCUT2D eigenvalue weighted by Gasteiger charge is -2.24. The molecule has 27 heavy (non-hydrogen) atoms. The summed E-state index contributed by atoms with van der Waals surface area (Å²) in [6.45, 7) is 6.35. The van der Waals surface area contributed by atoms with Crippen LogP contribution in [0.2, 0.25) is 5.02 Å². The number of allylic oxidation sites excluding steroid dienone is 2. The van der Waals surface area contributed by atoms with E-state index in [0.29, 0.717) is 18.1 Å². The van der Waals surface area contributed by atoms with Gasteiger partial charge in [-0.3, -0.25) is 19.5 Å². The molecule has 0 saturated heterocycles. The van der Waals surface area contributed by atoms with Crippen LogP contribution in [0.4, 0.5) is 4.79 Å². The Kier molecular flexibility index (Phi) is 8.06. The number of halogens is 1. The van der Waals surface area contributed by atoms with Gasteiger partial charge in [-0.2, -0.15) is 0 Å². The first-order valence-corrected chi connectivity index (χ1v) is 8.82. The number of hydroxylamine groups is 1. The largest absolute Gasteiger partial charge is 0.345 e. The van der Waals surface area contributed by atoms with Gasteiger partial charge >= 0.3 is 6.03 Å². The molecule has 7 nitrogen and oxygen atoms in total. The van der Waals surface area contributed by atoms with Crippen LogP contribution in [0.3, 0.4) is 0 Å². The third kappa shape index (κ3) is 6.56. The summed E-state index contributed by atoms with van der Waals surface area (Å²) in [6.07, 6.45) is 6.99.